The minimum atomic E-state index is -0.501. The molecule has 1 aliphatic rings. The zero-order valence-corrected chi connectivity index (χ0v) is 15.0. The average molecular weight is 390 g/mol. The van der Waals surface area contributed by atoms with E-state index in [0.29, 0.717) is 33.7 Å². The van der Waals surface area contributed by atoms with Crippen molar-refractivity contribution in [3.63, 3.8) is 0 Å². The number of carbonyl (C=O) groups is 1. The predicted molar refractivity (Wildman–Crippen MR) is 99.3 cm³/mol. The van der Waals surface area contributed by atoms with E-state index in [0.717, 1.165) is 5.75 Å². The van der Waals surface area contributed by atoms with Crippen LogP contribution in [0.5, 0.6) is 0 Å². The first kappa shape index (κ1) is 17.1. The molecule has 2 aromatic carbocycles. The van der Waals surface area contributed by atoms with Crippen LogP contribution in [0.4, 0.5) is 4.39 Å². The molecular weight excluding hydrogens is 377 g/mol. The molecule has 1 N–H and O–H groups in total. The molecule has 8 heteroatoms. The van der Waals surface area contributed by atoms with Crippen LogP contribution in [0.3, 0.4) is 0 Å². The van der Waals surface area contributed by atoms with Crippen molar-refractivity contribution in [2.45, 2.75) is 18.2 Å². The molecule has 0 spiro atoms. The van der Waals surface area contributed by atoms with Crippen LogP contribution in [0.15, 0.2) is 46.3 Å². The molecule has 0 atom stereocenters. The number of nitrogens with one attached hydrogen (secondary N) is 1. The standard InChI is InChI=1S/C18H13ClFN3O2S/c19-13-7-10(1-4-14(13)20)9-21-16(24)11-2-3-12-15(8-11)22-18-23(17(12)25)5-6-26-18/h1-4,7-8H,5-6,9H2,(H,21,24). The highest BCUT2D eigenvalue weighted by Crippen LogP contribution is 2.23. The van der Waals surface area contributed by atoms with Crippen LogP contribution in [0, 0.1) is 5.82 Å². The summed E-state index contributed by atoms with van der Waals surface area (Å²) in [5, 5.41) is 3.95. The largest absolute Gasteiger partial charge is 0.348 e. The summed E-state index contributed by atoms with van der Waals surface area (Å²) in [6.07, 6.45) is 0. The smallest absolute Gasteiger partial charge is 0.262 e. The molecule has 0 bridgehead atoms. The Kier molecular flexibility index (Phi) is 4.42. The van der Waals surface area contributed by atoms with Crippen molar-refractivity contribution < 1.29 is 9.18 Å². The summed E-state index contributed by atoms with van der Waals surface area (Å²) < 4.78 is 14.8. The Balaban J connectivity index is 1.58. The minimum absolute atomic E-state index is 0.0125. The van der Waals surface area contributed by atoms with Gasteiger partial charge in [0.05, 0.1) is 15.9 Å². The Morgan fingerprint density at radius 2 is 2.15 bits per heavy atom. The second-order valence-electron chi connectivity index (χ2n) is 5.86. The van der Waals surface area contributed by atoms with Crippen molar-refractivity contribution in [3.8, 4) is 0 Å². The maximum atomic E-state index is 13.2. The number of fused-ring (bicyclic) bond motifs is 2. The average Bonchev–Trinajstić information content (AvgIpc) is 3.11. The van der Waals surface area contributed by atoms with E-state index in [2.05, 4.69) is 10.3 Å². The van der Waals surface area contributed by atoms with Crippen molar-refractivity contribution in [1.82, 2.24) is 14.9 Å². The van der Waals surface area contributed by atoms with Crippen LogP contribution >= 0.6 is 23.4 Å². The van der Waals surface area contributed by atoms with E-state index in [1.807, 2.05) is 0 Å². The highest BCUT2D eigenvalue weighted by atomic mass is 35.5. The fourth-order valence-electron chi connectivity index (χ4n) is 2.81. The zero-order chi connectivity index (χ0) is 18.3. The molecule has 0 saturated heterocycles. The first-order chi connectivity index (χ1) is 12.5. The monoisotopic (exact) mass is 389 g/mol. The van der Waals surface area contributed by atoms with E-state index in [1.54, 1.807) is 28.8 Å². The molecule has 0 radical (unpaired) electrons. The minimum Gasteiger partial charge on any atom is -0.348 e. The van der Waals surface area contributed by atoms with Crippen molar-refractivity contribution in [3.05, 3.63) is 68.7 Å². The van der Waals surface area contributed by atoms with Gasteiger partial charge in [-0.1, -0.05) is 29.4 Å². The molecule has 2 heterocycles. The van der Waals surface area contributed by atoms with E-state index >= 15 is 0 Å². The maximum absolute atomic E-state index is 13.2. The Morgan fingerprint density at radius 1 is 1.31 bits per heavy atom. The van der Waals surface area contributed by atoms with Crippen LogP contribution in [-0.4, -0.2) is 21.2 Å². The summed E-state index contributed by atoms with van der Waals surface area (Å²) in [6.45, 7) is 0.872. The topological polar surface area (TPSA) is 64.0 Å². The van der Waals surface area contributed by atoms with Crippen LogP contribution < -0.4 is 10.9 Å². The second-order valence-corrected chi connectivity index (χ2v) is 7.33. The highest BCUT2D eigenvalue weighted by Gasteiger charge is 2.17. The fraction of sp³-hybridized carbons (Fsp3) is 0.167. The van der Waals surface area contributed by atoms with E-state index in [-0.39, 0.29) is 23.0 Å². The number of thioether (sulfide) groups is 1. The summed E-state index contributed by atoms with van der Waals surface area (Å²) in [7, 11) is 0. The molecule has 26 heavy (non-hydrogen) atoms. The number of hydrogen-bond donors (Lipinski definition) is 1. The quantitative estimate of drug-likeness (QED) is 0.698. The summed E-state index contributed by atoms with van der Waals surface area (Å²) in [5.74, 6) is 0.0213. The molecule has 1 aliphatic heterocycles. The number of benzene rings is 2. The van der Waals surface area contributed by atoms with Gasteiger partial charge in [0.2, 0.25) is 0 Å². The molecule has 132 valence electrons. The van der Waals surface area contributed by atoms with Crippen LogP contribution in [0.25, 0.3) is 10.9 Å². The molecule has 4 rings (SSSR count). The number of nitrogens with zero attached hydrogens (tertiary/aromatic N) is 2. The Bertz CT molecular complexity index is 1100. The summed E-state index contributed by atoms with van der Waals surface area (Å²) >= 11 is 7.27. The number of hydrogen-bond acceptors (Lipinski definition) is 4. The van der Waals surface area contributed by atoms with Gasteiger partial charge < -0.3 is 5.32 Å². The van der Waals surface area contributed by atoms with Crippen LogP contribution in [-0.2, 0) is 13.1 Å². The Morgan fingerprint density at radius 3 is 2.96 bits per heavy atom. The van der Waals surface area contributed by atoms with Gasteiger partial charge in [-0.2, -0.15) is 0 Å². The third-order valence-corrected chi connectivity index (χ3v) is 5.41. The van der Waals surface area contributed by atoms with Crippen LogP contribution in [0.2, 0.25) is 5.02 Å². The van der Waals surface area contributed by atoms with E-state index in [9.17, 15) is 14.0 Å². The Hall–Kier alpha value is -2.38. The van der Waals surface area contributed by atoms with E-state index < -0.39 is 5.82 Å². The molecule has 0 saturated carbocycles. The maximum Gasteiger partial charge on any atom is 0.262 e. The summed E-state index contributed by atoms with van der Waals surface area (Å²) in [6, 6.07) is 9.14. The molecule has 3 aromatic rings. The molecule has 0 unspecified atom stereocenters. The lowest BCUT2D eigenvalue weighted by molar-refractivity contribution is 0.0951. The number of amides is 1. The number of aromatic nitrogens is 2. The fourth-order valence-corrected chi connectivity index (χ4v) is 3.96. The first-order valence-electron chi connectivity index (χ1n) is 7.92. The van der Waals surface area contributed by atoms with Crippen molar-refractivity contribution in [2.24, 2.45) is 0 Å². The van der Waals surface area contributed by atoms with Gasteiger partial charge in [0.1, 0.15) is 5.82 Å². The van der Waals surface area contributed by atoms with Gasteiger partial charge in [0, 0.05) is 24.4 Å². The summed E-state index contributed by atoms with van der Waals surface area (Å²) in [5.41, 5.74) is 1.53. The van der Waals surface area contributed by atoms with Crippen molar-refractivity contribution in [1.29, 1.82) is 0 Å². The normalized spacial score (nSPS) is 13.0. The Labute approximate surface area is 157 Å². The lowest BCUT2D eigenvalue weighted by Gasteiger charge is -2.08. The molecule has 1 aromatic heterocycles. The molecular formula is C18H13ClFN3O2S. The first-order valence-corrected chi connectivity index (χ1v) is 9.29. The third kappa shape index (κ3) is 3.08. The van der Waals surface area contributed by atoms with Crippen molar-refractivity contribution >= 4 is 40.2 Å². The lowest BCUT2D eigenvalue weighted by atomic mass is 10.1. The van der Waals surface area contributed by atoms with Gasteiger partial charge in [-0.05, 0) is 35.9 Å². The SMILES string of the molecule is O=C(NCc1ccc(F)c(Cl)c1)c1ccc2c(=O)n3c(nc2c1)SCC3. The molecule has 0 fully saturated rings. The van der Waals surface area contributed by atoms with Gasteiger partial charge in [-0.15, -0.1) is 0 Å². The van der Waals surface area contributed by atoms with Gasteiger partial charge in [0.25, 0.3) is 11.5 Å². The van der Waals surface area contributed by atoms with Crippen LogP contribution in [0.1, 0.15) is 15.9 Å². The van der Waals surface area contributed by atoms with Gasteiger partial charge in [-0.3, -0.25) is 14.2 Å². The lowest BCUT2D eigenvalue weighted by Crippen LogP contribution is -2.24. The van der Waals surface area contributed by atoms with Gasteiger partial charge in [0.15, 0.2) is 5.16 Å². The molecule has 1 amide bonds. The van der Waals surface area contributed by atoms with E-state index in [1.165, 1.54) is 23.9 Å². The van der Waals surface area contributed by atoms with E-state index in [4.69, 9.17) is 11.6 Å². The van der Waals surface area contributed by atoms with Crippen molar-refractivity contribution in [2.75, 3.05) is 5.75 Å². The number of rotatable bonds is 3. The van der Waals surface area contributed by atoms with Gasteiger partial charge >= 0.3 is 0 Å². The zero-order valence-electron chi connectivity index (χ0n) is 13.5. The number of carbonyl (C=O) groups excluding carboxylic acids is 1. The van der Waals surface area contributed by atoms with Gasteiger partial charge in [-0.25, -0.2) is 9.37 Å². The third-order valence-electron chi connectivity index (χ3n) is 4.17. The predicted octanol–water partition coefficient (Wildman–Crippen LogP) is 3.22. The number of halogens is 2. The second kappa shape index (κ2) is 6.74. The molecule has 0 aliphatic carbocycles. The highest BCUT2D eigenvalue weighted by molar-refractivity contribution is 7.99. The summed E-state index contributed by atoms with van der Waals surface area (Å²) in [4.78, 5) is 29.3. The molecule has 5 nitrogen and oxygen atoms in total.